The molecule has 1 saturated carbocycles. The van der Waals surface area contributed by atoms with Gasteiger partial charge >= 0.3 is 0 Å². The van der Waals surface area contributed by atoms with Crippen molar-refractivity contribution in [3.05, 3.63) is 47.3 Å². The molecule has 4 aromatic rings. The first kappa shape index (κ1) is 27.9. The summed E-state index contributed by atoms with van der Waals surface area (Å²) in [5.41, 5.74) is 6.89. The van der Waals surface area contributed by atoms with Crippen LogP contribution in [0, 0.1) is 31.6 Å². The van der Waals surface area contributed by atoms with Crippen LogP contribution in [0.4, 0.5) is 11.6 Å². The lowest BCUT2D eigenvalue weighted by atomic mass is 9.96. The van der Waals surface area contributed by atoms with Crippen molar-refractivity contribution in [2.45, 2.75) is 52.5 Å². The monoisotopic (exact) mass is 582 g/mol. The van der Waals surface area contributed by atoms with Gasteiger partial charge in [-0.1, -0.05) is 0 Å². The van der Waals surface area contributed by atoms with Crippen molar-refractivity contribution < 1.29 is 9.53 Å². The minimum atomic E-state index is -0.196. The Balaban J connectivity index is 1.27. The first-order valence-corrected chi connectivity index (χ1v) is 15.7. The van der Waals surface area contributed by atoms with Gasteiger partial charge in [0.05, 0.1) is 34.6 Å². The van der Waals surface area contributed by atoms with E-state index in [1.54, 1.807) is 4.68 Å². The number of ether oxygens (including phenoxy) is 1. The summed E-state index contributed by atoms with van der Waals surface area (Å²) < 4.78 is 10.5. The summed E-state index contributed by atoms with van der Waals surface area (Å²) in [6.45, 7) is 8.53. The average molecular weight is 583 g/mol. The maximum Gasteiger partial charge on any atom is 0.258 e. The lowest BCUT2D eigenvalue weighted by molar-refractivity contribution is 0.102. The Labute approximate surface area is 252 Å². The van der Waals surface area contributed by atoms with Gasteiger partial charge in [-0.3, -0.25) is 15.1 Å². The van der Waals surface area contributed by atoms with E-state index >= 15 is 0 Å². The molecule has 2 N–H and O–H groups in total. The molecule has 7 rings (SSSR count). The number of carbonyl (C=O) groups is 1. The molecule has 226 valence electrons. The summed E-state index contributed by atoms with van der Waals surface area (Å²) in [5, 5.41) is 11.2. The first-order chi connectivity index (χ1) is 20.9. The number of aryl methyl sites for hydroxylation is 3. The molecule has 3 aliphatic rings. The van der Waals surface area contributed by atoms with Crippen LogP contribution in [-0.4, -0.2) is 63.5 Å². The number of amides is 1. The molecular formula is C33H42N8O2. The largest absolute Gasteiger partial charge is 0.477 e. The predicted molar refractivity (Wildman–Crippen MR) is 169 cm³/mol. The van der Waals surface area contributed by atoms with E-state index in [4.69, 9.17) is 14.7 Å². The first-order valence-electron chi connectivity index (χ1n) is 15.7. The van der Waals surface area contributed by atoms with Crippen LogP contribution in [-0.2, 0) is 13.6 Å². The molecule has 10 heteroatoms. The summed E-state index contributed by atoms with van der Waals surface area (Å²) in [4.78, 5) is 26.1. The van der Waals surface area contributed by atoms with Crippen molar-refractivity contribution in [2.24, 2.45) is 24.8 Å². The molecule has 1 aliphatic carbocycles. The van der Waals surface area contributed by atoms with E-state index in [1.807, 2.05) is 40.1 Å². The van der Waals surface area contributed by atoms with Crippen molar-refractivity contribution >= 4 is 28.6 Å². The lowest BCUT2D eigenvalue weighted by Gasteiger charge is -2.33. The average Bonchev–Trinajstić information content (AvgIpc) is 3.66. The number of carbonyl (C=O) groups excluding carboxylic acids is 1. The summed E-state index contributed by atoms with van der Waals surface area (Å²) in [7, 11) is 3.95. The number of fused-ring (bicyclic) bond motifs is 9. The standard InChI is InChI=1S/C33H42N8O2/c1-20-13-25-15-28(35-20)30-21(2)38-39(4)32(30)43-19-24-6-5-23(14-24)18-41-29-16-26(40-11-9-22(10-12-40)17-34-3)7-8-27(29)36-33(41)37-31(25)42/h7-8,13,15-16,22-24,34H,5-6,9-12,14,17-19H2,1-4H3,(H,36,37,42)/t23-,24+/m1/s1. The highest BCUT2D eigenvalue weighted by Gasteiger charge is 2.30. The fourth-order valence-electron chi connectivity index (χ4n) is 7.42. The predicted octanol–water partition coefficient (Wildman–Crippen LogP) is 4.95. The number of piperidine rings is 1. The molecule has 4 bridgehead atoms. The summed E-state index contributed by atoms with van der Waals surface area (Å²) >= 11 is 0. The van der Waals surface area contributed by atoms with Crippen molar-refractivity contribution in [1.82, 2.24) is 29.6 Å². The number of pyridine rings is 1. The summed E-state index contributed by atoms with van der Waals surface area (Å²) in [5.74, 6) is 2.79. The fraction of sp³-hybridized carbons (Fsp3) is 0.515. The van der Waals surface area contributed by atoms with E-state index < -0.39 is 0 Å². The number of anilines is 2. The van der Waals surface area contributed by atoms with Crippen molar-refractivity contribution in [2.75, 3.05) is 43.5 Å². The number of rotatable bonds is 3. The molecule has 0 spiro atoms. The second-order valence-electron chi connectivity index (χ2n) is 12.8. The molecule has 1 aromatic carbocycles. The van der Waals surface area contributed by atoms with Gasteiger partial charge < -0.3 is 19.5 Å². The van der Waals surface area contributed by atoms with Crippen LogP contribution in [0.15, 0.2) is 30.3 Å². The molecule has 0 radical (unpaired) electrons. The fourth-order valence-corrected chi connectivity index (χ4v) is 7.42. The Bertz CT molecular complexity index is 1670. The Morgan fingerprint density at radius 3 is 2.67 bits per heavy atom. The summed E-state index contributed by atoms with van der Waals surface area (Å²) in [6.07, 6.45) is 5.69. The van der Waals surface area contributed by atoms with Gasteiger partial charge in [-0.05, 0) is 108 Å². The van der Waals surface area contributed by atoms with Crippen LogP contribution in [0.3, 0.4) is 0 Å². The van der Waals surface area contributed by atoms with Gasteiger partial charge in [-0.2, -0.15) is 5.10 Å². The minimum absolute atomic E-state index is 0.196. The normalized spacial score (nSPS) is 21.1. The maximum atomic E-state index is 13.8. The molecule has 1 saturated heterocycles. The Morgan fingerprint density at radius 2 is 1.86 bits per heavy atom. The molecule has 5 heterocycles. The van der Waals surface area contributed by atoms with Gasteiger partial charge in [-0.25, -0.2) is 9.67 Å². The molecule has 43 heavy (non-hydrogen) atoms. The van der Waals surface area contributed by atoms with E-state index in [9.17, 15) is 4.79 Å². The van der Waals surface area contributed by atoms with E-state index in [1.165, 1.54) is 18.5 Å². The van der Waals surface area contributed by atoms with E-state index in [-0.39, 0.29) is 5.91 Å². The number of aromatic nitrogens is 5. The number of nitrogens with one attached hydrogen (secondary N) is 2. The SMILES string of the molecule is CNCC1CCN(c2ccc3nc4n(c3c2)C[C@@H]2CC[C@H](COc3c(c(C)nn3C)-c3cc(cc(C)n3)C(=O)N4)C2)CC1. The van der Waals surface area contributed by atoms with Gasteiger partial charge in [0.2, 0.25) is 11.8 Å². The number of hydrogen-bond acceptors (Lipinski definition) is 7. The zero-order chi connectivity index (χ0) is 29.7. The van der Waals surface area contributed by atoms with Gasteiger partial charge in [0, 0.05) is 43.6 Å². The third-order valence-electron chi connectivity index (χ3n) is 9.62. The third kappa shape index (κ3) is 5.37. The highest BCUT2D eigenvalue weighted by molar-refractivity contribution is 6.05. The third-order valence-corrected chi connectivity index (χ3v) is 9.62. The van der Waals surface area contributed by atoms with Gasteiger partial charge in [-0.15, -0.1) is 0 Å². The molecular weight excluding hydrogens is 540 g/mol. The van der Waals surface area contributed by atoms with Crippen LogP contribution in [0.5, 0.6) is 5.88 Å². The van der Waals surface area contributed by atoms with Gasteiger partial charge in [0.15, 0.2) is 0 Å². The Morgan fingerprint density at radius 1 is 1.05 bits per heavy atom. The summed E-state index contributed by atoms with van der Waals surface area (Å²) in [6, 6.07) is 10.2. The van der Waals surface area contributed by atoms with Crippen molar-refractivity contribution in [3.63, 3.8) is 0 Å². The number of imidazole rings is 1. The molecule has 0 unspecified atom stereocenters. The zero-order valence-corrected chi connectivity index (χ0v) is 25.7. The van der Waals surface area contributed by atoms with Crippen LogP contribution in [0.2, 0.25) is 0 Å². The highest BCUT2D eigenvalue weighted by Crippen LogP contribution is 2.38. The minimum Gasteiger partial charge on any atom is -0.477 e. The molecule has 1 amide bonds. The van der Waals surface area contributed by atoms with E-state index in [2.05, 4.69) is 43.4 Å². The van der Waals surface area contributed by atoms with Crippen LogP contribution >= 0.6 is 0 Å². The topological polar surface area (TPSA) is 102 Å². The lowest BCUT2D eigenvalue weighted by Crippen LogP contribution is -2.36. The molecule has 10 nitrogen and oxygen atoms in total. The molecule has 2 aliphatic heterocycles. The quantitative estimate of drug-likeness (QED) is 0.353. The van der Waals surface area contributed by atoms with Crippen LogP contribution in [0.25, 0.3) is 22.3 Å². The molecule has 2 fully saturated rings. The molecule has 2 atom stereocenters. The van der Waals surface area contributed by atoms with Crippen LogP contribution < -0.4 is 20.3 Å². The van der Waals surface area contributed by atoms with Crippen molar-refractivity contribution in [1.29, 1.82) is 0 Å². The molecule has 3 aromatic heterocycles. The maximum absolute atomic E-state index is 13.8. The van der Waals surface area contributed by atoms with Crippen molar-refractivity contribution in [3.8, 4) is 17.1 Å². The number of benzene rings is 1. The van der Waals surface area contributed by atoms with Gasteiger partial charge in [0.25, 0.3) is 5.91 Å². The second kappa shape index (κ2) is 11.3. The van der Waals surface area contributed by atoms with Crippen LogP contribution in [0.1, 0.15) is 53.8 Å². The Hall–Kier alpha value is -3.92. The second-order valence-corrected chi connectivity index (χ2v) is 12.8. The van der Waals surface area contributed by atoms with E-state index in [0.717, 1.165) is 79.3 Å². The van der Waals surface area contributed by atoms with E-state index in [0.29, 0.717) is 41.5 Å². The highest BCUT2D eigenvalue weighted by atomic mass is 16.5. The number of hydrogen-bond donors (Lipinski definition) is 2. The van der Waals surface area contributed by atoms with Gasteiger partial charge in [0.1, 0.15) is 0 Å². The number of nitrogens with zero attached hydrogens (tertiary/aromatic N) is 6. The smallest absolute Gasteiger partial charge is 0.258 e. The Kier molecular flexibility index (Phi) is 7.33. The zero-order valence-electron chi connectivity index (χ0n) is 25.7.